The first-order valence-corrected chi connectivity index (χ1v) is 6.51. The third-order valence-corrected chi connectivity index (χ3v) is 3.38. The van der Waals surface area contributed by atoms with Crippen molar-refractivity contribution < 1.29 is 4.74 Å². The zero-order valence-electron chi connectivity index (χ0n) is 9.29. The van der Waals surface area contributed by atoms with E-state index in [9.17, 15) is 0 Å². The fourth-order valence-electron chi connectivity index (χ4n) is 1.60. The minimum atomic E-state index is 0.471. The number of nitrogens with one attached hydrogen (secondary N) is 1. The van der Waals surface area contributed by atoms with Gasteiger partial charge in [-0.1, -0.05) is 0 Å². The van der Waals surface area contributed by atoms with Gasteiger partial charge in [0.1, 0.15) is 0 Å². The summed E-state index contributed by atoms with van der Waals surface area (Å²) >= 11 is 2.06. The van der Waals surface area contributed by atoms with Crippen molar-refractivity contribution in [3.63, 3.8) is 0 Å². The lowest BCUT2D eigenvalue weighted by Gasteiger charge is -2.26. The Morgan fingerprint density at radius 3 is 2.79 bits per heavy atom. The van der Waals surface area contributed by atoms with Crippen LogP contribution in [-0.4, -0.2) is 62.3 Å². The summed E-state index contributed by atoms with van der Waals surface area (Å²) in [5.74, 6) is 2.60. The van der Waals surface area contributed by atoms with E-state index in [-0.39, 0.29) is 0 Å². The van der Waals surface area contributed by atoms with Crippen molar-refractivity contribution in [1.29, 1.82) is 0 Å². The van der Waals surface area contributed by atoms with Crippen LogP contribution in [0.5, 0.6) is 0 Å². The number of rotatable bonds is 6. The molecule has 1 unspecified atom stereocenters. The van der Waals surface area contributed by atoms with Crippen LogP contribution in [0.15, 0.2) is 0 Å². The Morgan fingerprint density at radius 2 is 2.14 bits per heavy atom. The van der Waals surface area contributed by atoms with Crippen LogP contribution < -0.4 is 5.32 Å². The van der Waals surface area contributed by atoms with Crippen LogP contribution in [-0.2, 0) is 4.74 Å². The van der Waals surface area contributed by atoms with Gasteiger partial charge in [0.05, 0.1) is 6.61 Å². The molecule has 0 aliphatic carbocycles. The van der Waals surface area contributed by atoms with E-state index in [0.29, 0.717) is 6.04 Å². The van der Waals surface area contributed by atoms with Crippen molar-refractivity contribution in [2.24, 2.45) is 0 Å². The fourth-order valence-corrected chi connectivity index (χ4v) is 2.58. The standard InChI is InChI=1S/C10H22N2OS/c1-10(9-13-2)11-3-4-12-5-7-14-8-6-12/h10-11H,3-9H2,1-2H3. The first-order chi connectivity index (χ1) is 6.83. The van der Waals surface area contributed by atoms with Gasteiger partial charge in [0.2, 0.25) is 0 Å². The minimum absolute atomic E-state index is 0.471. The highest BCUT2D eigenvalue weighted by atomic mass is 32.2. The lowest BCUT2D eigenvalue weighted by Crippen LogP contribution is -2.40. The van der Waals surface area contributed by atoms with Gasteiger partial charge in [-0.05, 0) is 6.92 Å². The second kappa shape index (κ2) is 7.51. The average Bonchev–Trinajstić information content (AvgIpc) is 2.20. The summed E-state index contributed by atoms with van der Waals surface area (Å²) in [6.45, 7) is 7.73. The minimum Gasteiger partial charge on any atom is -0.383 e. The van der Waals surface area contributed by atoms with Gasteiger partial charge < -0.3 is 15.0 Å². The first-order valence-electron chi connectivity index (χ1n) is 5.35. The fraction of sp³-hybridized carbons (Fsp3) is 1.00. The van der Waals surface area contributed by atoms with Crippen molar-refractivity contribution in [2.75, 3.05) is 51.4 Å². The molecule has 0 aromatic carbocycles. The van der Waals surface area contributed by atoms with Crippen LogP contribution in [0.1, 0.15) is 6.92 Å². The van der Waals surface area contributed by atoms with Crippen molar-refractivity contribution in [3.05, 3.63) is 0 Å². The van der Waals surface area contributed by atoms with Crippen molar-refractivity contribution in [2.45, 2.75) is 13.0 Å². The average molecular weight is 218 g/mol. The highest BCUT2D eigenvalue weighted by Crippen LogP contribution is 2.07. The summed E-state index contributed by atoms with van der Waals surface area (Å²) in [4.78, 5) is 2.53. The maximum Gasteiger partial charge on any atom is 0.0613 e. The molecule has 4 heteroatoms. The summed E-state index contributed by atoms with van der Waals surface area (Å²) < 4.78 is 5.07. The predicted molar refractivity (Wildman–Crippen MR) is 63.1 cm³/mol. The third-order valence-electron chi connectivity index (χ3n) is 2.44. The van der Waals surface area contributed by atoms with Gasteiger partial charge in [0, 0.05) is 50.8 Å². The molecule has 1 aliphatic rings. The van der Waals surface area contributed by atoms with Crippen LogP contribution in [0.4, 0.5) is 0 Å². The third kappa shape index (κ3) is 5.20. The van der Waals surface area contributed by atoms with Crippen LogP contribution in [0, 0.1) is 0 Å². The maximum absolute atomic E-state index is 5.07. The zero-order valence-corrected chi connectivity index (χ0v) is 10.1. The van der Waals surface area contributed by atoms with E-state index in [4.69, 9.17) is 4.74 Å². The predicted octanol–water partition coefficient (Wildman–Crippen LogP) is 0.660. The molecule has 0 amide bonds. The van der Waals surface area contributed by atoms with E-state index < -0.39 is 0 Å². The van der Waals surface area contributed by atoms with E-state index in [1.54, 1.807) is 7.11 Å². The summed E-state index contributed by atoms with van der Waals surface area (Å²) in [6.07, 6.45) is 0. The smallest absolute Gasteiger partial charge is 0.0613 e. The molecule has 1 rings (SSSR count). The molecule has 14 heavy (non-hydrogen) atoms. The number of methoxy groups -OCH3 is 1. The largest absolute Gasteiger partial charge is 0.383 e. The molecular formula is C10H22N2OS. The van der Waals surface area contributed by atoms with E-state index in [1.165, 1.54) is 31.1 Å². The van der Waals surface area contributed by atoms with E-state index in [1.807, 2.05) is 0 Å². The molecule has 84 valence electrons. The Balaban J connectivity index is 1.96. The molecule has 0 aromatic rings. The molecule has 1 atom stereocenters. The normalized spacial score (nSPS) is 21.0. The number of ether oxygens (including phenoxy) is 1. The van der Waals surface area contributed by atoms with Gasteiger partial charge in [-0.2, -0.15) is 11.8 Å². The lowest BCUT2D eigenvalue weighted by atomic mass is 10.3. The van der Waals surface area contributed by atoms with Gasteiger partial charge in [-0.15, -0.1) is 0 Å². The van der Waals surface area contributed by atoms with Gasteiger partial charge in [0.25, 0.3) is 0 Å². The Kier molecular flexibility index (Phi) is 6.60. The van der Waals surface area contributed by atoms with Gasteiger partial charge in [-0.25, -0.2) is 0 Å². The number of nitrogens with zero attached hydrogens (tertiary/aromatic N) is 1. The number of thioether (sulfide) groups is 1. The lowest BCUT2D eigenvalue weighted by molar-refractivity contribution is 0.169. The molecule has 1 saturated heterocycles. The van der Waals surface area contributed by atoms with E-state index in [2.05, 4.69) is 28.9 Å². The van der Waals surface area contributed by atoms with Gasteiger partial charge in [-0.3, -0.25) is 0 Å². The number of hydrogen-bond donors (Lipinski definition) is 1. The molecule has 1 heterocycles. The summed E-state index contributed by atoms with van der Waals surface area (Å²) in [7, 11) is 1.75. The van der Waals surface area contributed by atoms with Crippen LogP contribution in [0.3, 0.4) is 0 Å². The molecule has 0 saturated carbocycles. The maximum atomic E-state index is 5.07. The van der Waals surface area contributed by atoms with Gasteiger partial charge in [0.15, 0.2) is 0 Å². The topological polar surface area (TPSA) is 24.5 Å². The van der Waals surface area contributed by atoms with Crippen LogP contribution >= 0.6 is 11.8 Å². The molecule has 0 spiro atoms. The highest BCUT2D eigenvalue weighted by Gasteiger charge is 2.09. The molecule has 1 fully saturated rings. The highest BCUT2D eigenvalue weighted by molar-refractivity contribution is 7.99. The molecule has 0 radical (unpaired) electrons. The molecule has 1 aliphatic heterocycles. The van der Waals surface area contributed by atoms with Crippen molar-refractivity contribution in [3.8, 4) is 0 Å². The first kappa shape index (κ1) is 12.3. The second-order valence-corrected chi connectivity index (χ2v) is 4.99. The molecule has 3 nitrogen and oxygen atoms in total. The molecule has 0 aromatic heterocycles. The Bertz CT molecular complexity index is 140. The Labute approximate surface area is 91.6 Å². The van der Waals surface area contributed by atoms with Gasteiger partial charge >= 0.3 is 0 Å². The molecular weight excluding hydrogens is 196 g/mol. The molecule has 1 N–H and O–H groups in total. The van der Waals surface area contributed by atoms with E-state index >= 15 is 0 Å². The Morgan fingerprint density at radius 1 is 1.43 bits per heavy atom. The van der Waals surface area contributed by atoms with E-state index in [0.717, 1.165) is 13.2 Å². The Hall–Kier alpha value is 0.230. The SMILES string of the molecule is COCC(C)NCCN1CCSCC1. The quantitative estimate of drug-likeness (QED) is 0.708. The molecule has 0 bridgehead atoms. The summed E-state index contributed by atoms with van der Waals surface area (Å²) in [6, 6.07) is 0.471. The summed E-state index contributed by atoms with van der Waals surface area (Å²) in [5, 5.41) is 3.46. The van der Waals surface area contributed by atoms with Crippen LogP contribution in [0.2, 0.25) is 0 Å². The second-order valence-electron chi connectivity index (χ2n) is 3.76. The zero-order chi connectivity index (χ0) is 10.2. The number of hydrogen-bond acceptors (Lipinski definition) is 4. The summed E-state index contributed by atoms with van der Waals surface area (Å²) in [5.41, 5.74) is 0. The van der Waals surface area contributed by atoms with Crippen LogP contribution in [0.25, 0.3) is 0 Å². The monoisotopic (exact) mass is 218 g/mol. The van der Waals surface area contributed by atoms with Crippen molar-refractivity contribution in [1.82, 2.24) is 10.2 Å². The van der Waals surface area contributed by atoms with Crippen molar-refractivity contribution >= 4 is 11.8 Å².